The maximum Gasteiger partial charge on any atom is 0.387 e. The van der Waals surface area contributed by atoms with Crippen molar-refractivity contribution >= 4 is 5.82 Å². The molecular formula is C17H19F2N3O. The molecule has 1 aliphatic carbocycles. The van der Waals surface area contributed by atoms with E-state index >= 15 is 0 Å². The lowest BCUT2D eigenvalue weighted by Gasteiger charge is -2.27. The van der Waals surface area contributed by atoms with Crippen LogP contribution in [0.4, 0.5) is 14.6 Å². The number of benzene rings is 1. The highest BCUT2D eigenvalue weighted by molar-refractivity contribution is 5.45. The Morgan fingerprint density at radius 1 is 1.22 bits per heavy atom. The van der Waals surface area contributed by atoms with Crippen molar-refractivity contribution in [3.8, 4) is 5.75 Å². The Balaban J connectivity index is 1.82. The zero-order valence-corrected chi connectivity index (χ0v) is 13.1. The zero-order valence-electron chi connectivity index (χ0n) is 13.1. The minimum atomic E-state index is -2.80. The summed E-state index contributed by atoms with van der Waals surface area (Å²) < 4.78 is 29.2. The van der Waals surface area contributed by atoms with Gasteiger partial charge in [0, 0.05) is 0 Å². The fourth-order valence-corrected chi connectivity index (χ4v) is 2.91. The van der Waals surface area contributed by atoms with Crippen molar-refractivity contribution < 1.29 is 13.5 Å². The first-order valence-corrected chi connectivity index (χ1v) is 7.68. The second-order valence-corrected chi connectivity index (χ2v) is 5.83. The van der Waals surface area contributed by atoms with Gasteiger partial charge in [-0.05, 0) is 68.0 Å². The monoisotopic (exact) mass is 319 g/mol. The molecule has 1 atom stereocenters. The highest BCUT2D eigenvalue weighted by Gasteiger charge is 2.21. The third-order valence-electron chi connectivity index (χ3n) is 4.21. The summed E-state index contributed by atoms with van der Waals surface area (Å²) in [5.41, 5.74) is 4.15. The van der Waals surface area contributed by atoms with E-state index in [1.807, 2.05) is 26.0 Å². The van der Waals surface area contributed by atoms with Crippen LogP contribution in [0, 0.1) is 13.8 Å². The number of nitrogens with one attached hydrogen (secondary N) is 1. The van der Waals surface area contributed by atoms with Gasteiger partial charge >= 0.3 is 6.61 Å². The quantitative estimate of drug-likeness (QED) is 0.918. The molecule has 2 aromatic rings. The molecule has 1 heterocycles. The highest BCUT2D eigenvalue weighted by atomic mass is 19.3. The van der Waals surface area contributed by atoms with E-state index in [0.717, 1.165) is 47.5 Å². The first-order valence-electron chi connectivity index (χ1n) is 7.68. The molecule has 0 saturated heterocycles. The van der Waals surface area contributed by atoms with Gasteiger partial charge in [0.2, 0.25) is 0 Å². The van der Waals surface area contributed by atoms with Crippen LogP contribution in [0.2, 0.25) is 0 Å². The van der Waals surface area contributed by atoms with E-state index in [1.54, 1.807) is 12.1 Å². The van der Waals surface area contributed by atoms with Crippen LogP contribution in [0.15, 0.2) is 24.3 Å². The van der Waals surface area contributed by atoms with Crippen LogP contribution in [-0.2, 0) is 6.42 Å². The van der Waals surface area contributed by atoms with E-state index in [1.165, 1.54) is 0 Å². The van der Waals surface area contributed by atoms with Crippen LogP contribution in [0.3, 0.4) is 0 Å². The topological polar surface area (TPSA) is 47.0 Å². The van der Waals surface area contributed by atoms with Crippen molar-refractivity contribution in [1.29, 1.82) is 0 Å². The maximum absolute atomic E-state index is 12.3. The van der Waals surface area contributed by atoms with Crippen molar-refractivity contribution in [3.05, 3.63) is 46.6 Å². The molecule has 1 aromatic carbocycles. The van der Waals surface area contributed by atoms with E-state index in [2.05, 4.69) is 20.3 Å². The lowest BCUT2D eigenvalue weighted by atomic mass is 9.87. The molecule has 0 bridgehead atoms. The number of alkyl halides is 2. The number of nitrogens with zero attached hydrogens (tertiary/aromatic N) is 2. The van der Waals surface area contributed by atoms with E-state index in [-0.39, 0.29) is 11.8 Å². The van der Waals surface area contributed by atoms with Gasteiger partial charge in [0.15, 0.2) is 0 Å². The summed E-state index contributed by atoms with van der Waals surface area (Å²) >= 11 is 0. The van der Waals surface area contributed by atoms with Crippen LogP contribution in [0.5, 0.6) is 5.75 Å². The number of aryl methyl sites for hydroxylation is 3. The summed E-state index contributed by atoms with van der Waals surface area (Å²) in [5.74, 6) is 0.948. The Morgan fingerprint density at radius 3 is 2.78 bits per heavy atom. The minimum absolute atomic E-state index is 0.107. The number of hydrogen-bond donors (Lipinski definition) is 1. The molecule has 0 fully saturated rings. The molecule has 122 valence electrons. The number of halogens is 2. The Labute approximate surface area is 133 Å². The van der Waals surface area contributed by atoms with Crippen LogP contribution in [0.25, 0.3) is 0 Å². The predicted octanol–water partition coefficient (Wildman–Crippen LogP) is 4.18. The Kier molecular flexibility index (Phi) is 4.41. The second kappa shape index (κ2) is 6.48. The van der Waals surface area contributed by atoms with Crippen molar-refractivity contribution in [2.45, 2.75) is 45.8 Å². The largest absolute Gasteiger partial charge is 0.435 e. The molecule has 1 N–H and O–H groups in total. The van der Waals surface area contributed by atoms with E-state index in [0.29, 0.717) is 0 Å². The van der Waals surface area contributed by atoms with Crippen molar-refractivity contribution in [1.82, 2.24) is 10.2 Å². The normalized spacial score (nSPS) is 17.0. The van der Waals surface area contributed by atoms with Gasteiger partial charge in [-0.15, -0.1) is 5.10 Å². The lowest BCUT2D eigenvalue weighted by molar-refractivity contribution is -0.0499. The van der Waals surface area contributed by atoms with Crippen molar-refractivity contribution in [2.75, 3.05) is 5.32 Å². The number of anilines is 1. The standard InChI is InChI=1S/C17H19F2N3O/c1-10-8-16(22-21-11(10)2)20-15-5-3-4-12-9-13(23-17(18)19)6-7-14(12)15/h6-9,15,17H,3-5H2,1-2H3,(H,20,22). The van der Waals surface area contributed by atoms with Gasteiger partial charge in [-0.1, -0.05) is 6.07 Å². The Morgan fingerprint density at radius 2 is 2.04 bits per heavy atom. The molecule has 1 aromatic heterocycles. The average molecular weight is 319 g/mol. The Bertz CT molecular complexity index is 706. The molecule has 3 rings (SSSR count). The van der Waals surface area contributed by atoms with Crippen LogP contribution in [0.1, 0.15) is 41.3 Å². The predicted molar refractivity (Wildman–Crippen MR) is 83.9 cm³/mol. The van der Waals surface area contributed by atoms with Gasteiger partial charge in [-0.3, -0.25) is 0 Å². The van der Waals surface area contributed by atoms with Crippen LogP contribution < -0.4 is 10.1 Å². The lowest BCUT2D eigenvalue weighted by Crippen LogP contribution is -2.18. The first kappa shape index (κ1) is 15.6. The number of rotatable bonds is 4. The summed E-state index contributed by atoms with van der Waals surface area (Å²) in [6.45, 7) is 1.13. The molecule has 0 amide bonds. The molecule has 1 aliphatic rings. The highest BCUT2D eigenvalue weighted by Crippen LogP contribution is 2.34. The van der Waals surface area contributed by atoms with Crippen molar-refractivity contribution in [2.24, 2.45) is 0 Å². The molecular weight excluding hydrogens is 300 g/mol. The molecule has 1 unspecified atom stereocenters. The first-order chi connectivity index (χ1) is 11.0. The molecule has 4 nitrogen and oxygen atoms in total. The van der Waals surface area contributed by atoms with Gasteiger partial charge in [0.25, 0.3) is 0 Å². The van der Waals surface area contributed by atoms with E-state index < -0.39 is 6.61 Å². The van der Waals surface area contributed by atoms with Crippen LogP contribution >= 0.6 is 0 Å². The third kappa shape index (κ3) is 3.57. The van der Waals surface area contributed by atoms with Gasteiger partial charge < -0.3 is 10.1 Å². The van der Waals surface area contributed by atoms with Gasteiger partial charge in [-0.2, -0.15) is 13.9 Å². The minimum Gasteiger partial charge on any atom is -0.435 e. The molecule has 23 heavy (non-hydrogen) atoms. The molecule has 6 heteroatoms. The second-order valence-electron chi connectivity index (χ2n) is 5.83. The van der Waals surface area contributed by atoms with Crippen LogP contribution in [-0.4, -0.2) is 16.8 Å². The summed E-state index contributed by atoms with van der Waals surface area (Å²) in [4.78, 5) is 0. The summed E-state index contributed by atoms with van der Waals surface area (Å²) in [5, 5.41) is 11.7. The summed E-state index contributed by atoms with van der Waals surface area (Å²) in [6.07, 6.45) is 2.82. The number of fused-ring (bicyclic) bond motifs is 1. The maximum atomic E-state index is 12.3. The molecule has 0 aliphatic heterocycles. The van der Waals surface area contributed by atoms with Gasteiger partial charge in [0.1, 0.15) is 11.6 Å². The van der Waals surface area contributed by atoms with E-state index in [9.17, 15) is 8.78 Å². The molecule has 0 spiro atoms. The smallest absolute Gasteiger partial charge is 0.387 e. The number of ether oxygens (including phenoxy) is 1. The molecule has 0 saturated carbocycles. The van der Waals surface area contributed by atoms with Crippen molar-refractivity contribution in [3.63, 3.8) is 0 Å². The third-order valence-corrected chi connectivity index (χ3v) is 4.21. The summed E-state index contributed by atoms with van der Waals surface area (Å²) in [6, 6.07) is 7.25. The van der Waals surface area contributed by atoms with E-state index in [4.69, 9.17) is 0 Å². The fraction of sp³-hybridized carbons (Fsp3) is 0.412. The summed E-state index contributed by atoms with van der Waals surface area (Å²) in [7, 11) is 0. The number of hydrogen-bond acceptors (Lipinski definition) is 4. The fourth-order valence-electron chi connectivity index (χ4n) is 2.91. The zero-order chi connectivity index (χ0) is 16.4. The SMILES string of the molecule is Cc1cc(NC2CCCc3cc(OC(F)F)ccc32)nnc1C. The average Bonchev–Trinajstić information content (AvgIpc) is 2.50. The van der Waals surface area contributed by atoms with Gasteiger partial charge in [-0.25, -0.2) is 0 Å². The number of aromatic nitrogens is 2. The van der Waals surface area contributed by atoms with Gasteiger partial charge in [0.05, 0.1) is 11.7 Å². The Hall–Kier alpha value is -2.24. The molecule has 0 radical (unpaired) electrons.